The second kappa shape index (κ2) is 10.6. The van der Waals surface area contributed by atoms with Crippen LogP contribution in [0, 0.1) is 0 Å². The smallest absolute Gasteiger partial charge is 0.407 e. The number of imidazole rings is 1. The van der Waals surface area contributed by atoms with Crippen LogP contribution in [0.5, 0.6) is 0 Å². The van der Waals surface area contributed by atoms with Crippen molar-refractivity contribution in [3.63, 3.8) is 0 Å². The van der Waals surface area contributed by atoms with Gasteiger partial charge in [0, 0.05) is 37.5 Å². The number of carbonyl (C=O) groups is 3. The fraction of sp³-hybridized carbons (Fsp3) is 0.259. The molecule has 0 saturated heterocycles. The van der Waals surface area contributed by atoms with E-state index in [4.69, 9.17) is 4.74 Å². The second-order valence-corrected chi connectivity index (χ2v) is 9.55. The number of hydrogen-bond acceptors (Lipinski definition) is 5. The van der Waals surface area contributed by atoms with Crippen molar-refractivity contribution < 1.29 is 19.1 Å². The molecule has 0 atom stereocenters. The molecule has 0 unspecified atom stereocenters. The monoisotopic (exact) mass is 502 g/mol. The molecule has 3 amide bonds. The molecule has 37 heavy (non-hydrogen) atoms. The Kier molecular flexibility index (Phi) is 7.28. The standard InChI is InChI=1S/C27H30N6O4/c1-27(2,3)37-26(36)29-13-12-28-24(34)18-10-11-20-21(14-18)32-23(31-20)22-15-19(16-33(22)4)30-25(35)17-8-6-5-7-9-17/h5-11,14-16H,12-13H2,1-4H3,(H,28,34)(H,29,36)(H,30,35)(H,31,32). The van der Waals surface area contributed by atoms with Crippen LogP contribution in [0.2, 0.25) is 0 Å². The van der Waals surface area contributed by atoms with Crippen molar-refractivity contribution in [2.45, 2.75) is 26.4 Å². The average molecular weight is 503 g/mol. The van der Waals surface area contributed by atoms with Gasteiger partial charge in [0.25, 0.3) is 11.8 Å². The number of aromatic nitrogens is 3. The van der Waals surface area contributed by atoms with E-state index in [1.807, 2.05) is 42.1 Å². The minimum absolute atomic E-state index is 0.195. The summed E-state index contributed by atoms with van der Waals surface area (Å²) in [5.74, 6) is 0.137. The molecule has 2 heterocycles. The number of hydrogen-bond donors (Lipinski definition) is 4. The van der Waals surface area contributed by atoms with Crippen LogP contribution < -0.4 is 16.0 Å². The van der Waals surface area contributed by atoms with Gasteiger partial charge in [-0.1, -0.05) is 18.2 Å². The molecule has 10 nitrogen and oxygen atoms in total. The topological polar surface area (TPSA) is 130 Å². The normalized spacial score (nSPS) is 11.2. The summed E-state index contributed by atoms with van der Waals surface area (Å²) >= 11 is 0. The lowest BCUT2D eigenvalue weighted by Gasteiger charge is -2.19. The first-order valence-corrected chi connectivity index (χ1v) is 11.9. The maximum absolute atomic E-state index is 12.6. The summed E-state index contributed by atoms with van der Waals surface area (Å²) in [6.45, 7) is 5.84. The molecule has 0 bridgehead atoms. The molecule has 0 aliphatic carbocycles. The summed E-state index contributed by atoms with van der Waals surface area (Å²) in [5.41, 5.74) is 3.27. The fourth-order valence-corrected chi connectivity index (χ4v) is 3.69. The molecule has 0 aliphatic rings. The van der Waals surface area contributed by atoms with E-state index >= 15 is 0 Å². The maximum atomic E-state index is 12.6. The lowest BCUT2D eigenvalue weighted by Crippen LogP contribution is -2.37. The zero-order chi connectivity index (χ0) is 26.6. The first kappa shape index (κ1) is 25.5. The number of alkyl carbamates (subject to hydrolysis) is 1. The molecule has 192 valence electrons. The molecule has 4 aromatic rings. The predicted octanol–water partition coefficient (Wildman–Crippen LogP) is 4.08. The van der Waals surface area contributed by atoms with E-state index < -0.39 is 11.7 Å². The fourth-order valence-electron chi connectivity index (χ4n) is 3.69. The summed E-state index contributed by atoms with van der Waals surface area (Å²) < 4.78 is 7.03. The van der Waals surface area contributed by atoms with Gasteiger partial charge in [0.2, 0.25) is 0 Å². The third-order valence-corrected chi connectivity index (χ3v) is 5.37. The van der Waals surface area contributed by atoms with E-state index in [-0.39, 0.29) is 24.9 Å². The number of nitrogens with one attached hydrogen (secondary N) is 4. The van der Waals surface area contributed by atoms with Crippen LogP contribution in [-0.2, 0) is 11.8 Å². The minimum atomic E-state index is -0.581. The molecule has 4 rings (SSSR count). The van der Waals surface area contributed by atoms with Gasteiger partial charge in [-0.25, -0.2) is 9.78 Å². The molecular weight excluding hydrogens is 472 g/mol. The largest absolute Gasteiger partial charge is 0.444 e. The SMILES string of the molecule is Cn1cc(NC(=O)c2ccccc2)cc1-c1nc2cc(C(=O)NCCNC(=O)OC(C)(C)C)ccc2[nH]1. The van der Waals surface area contributed by atoms with Gasteiger partial charge >= 0.3 is 6.09 Å². The van der Waals surface area contributed by atoms with E-state index in [1.54, 1.807) is 51.1 Å². The predicted molar refractivity (Wildman–Crippen MR) is 141 cm³/mol. The molecule has 0 aliphatic heterocycles. The van der Waals surface area contributed by atoms with E-state index in [2.05, 4.69) is 25.9 Å². The summed E-state index contributed by atoms with van der Waals surface area (Å²) in [6.07, 6.45) is 1.28. The lowest BCUT2D eigenvalue weighted by atomic mass is 10.2. The van der Waals surface area contributed by atoms with E-state index in [0.29, 0.717) is 28.2 Å². The third-order valence-electron chi connectivity index (χ3n) is 5.37. The maximum Gasteiger partial charge on any atom is 0.407 e. The van der Waals surface area contributed by atoms with E-state index in [1.165, 1.54) is 0 Å². The van der Waals surface area contributed by atoms with Crippen LogP contribution in [-0.4, -0.2) is 51.1 Å². The molecule has 2 aromatic heterocycles. The van der Waals surface area contributed by atoms with Gasteiger partial charge in [-0.3, -0.25) is 9.59 Å². The van der Waals surface area contributed by atoms with Crippen LogP contribution in [0.4, 0.5) is 10.5 Å². The second-order valence-electron chi connectivity index (χ2n) is 9.55. The van der Waals surface area contributed by atoms with Gasteiger partial charge in [0.05, 0.1) is 22.4 Å². The Morgan fingerprint density at radius 2 is 1.68 bits per heavy atom. The number of carbonyl (C=O) groups excluding carboxylic acids is 3. The van der Waals surface area contributed by atoms with Crippen LogP contribution in [0.3, 0.4) is 0 Å². The Labute approximate surface area is 214 Å². The molecule has 2 aromatic carbocycles. The number of benzene rings is 2. The van der Waals surface area contributed by atoms with Crippen LogP contribution in [0.25, 0.3) is 22.6 Å². The first-order valence-electron chi connectivity index (χ1n) is 11.9. The summed E-state index contributed by atoms with van der Waals surface area (Å²) in [7, 11) is 1.87. The lowest BCUT2D eigenvalue weighted by molar-refractivity contribution is 0.0526. The van der Waals surface area contributed by atoms with Gasteiger partial charge < -0.3 is 30.2 Å². The zero-order valence-corrected chi connectivity index (χ0v) is 21.2. The van der Waals surface area contributed by atoms with Gasteiger partial charge in [0.1, 0.15) is 5.60 Å². The molecule has 4 N–H and O–H groups in total. The van der Waals surface area contributed by atoms with E-state index in [9.17, 15) is 14.4 Å². The van der Waals surface area contributed by atoms with Crippen molar-refractivity contribution in [3.05, 3.63) is 71.9 Å². The van der Waals surface area contributed by atoms with Crippen LogP contribution >= 0.6 is 0 Å². The van der Waals surface area contributed by atoms with Crippen LogP contribution in [0.1, 0.15) is 41.5 Å². The zero-order valence-electron chi connectivity index (χ0n) is 21.2. The van der Waals surface area contributed by atoms with Crippen molar-refractivity contribution in [1.82, 2.24) is 25.2 Å². The van der Waals surface area contributed by atoms with Crippen molar-refractivity contribution >= 4 is 34.6 Å². The molecule has 0 spiro atoms. The molecule has 0 fully saturated rings. The summed E-state index contributed by atoms with van der Waals surface area (Å²) in [4.78, 5) is 44.7. The summed E-state index contributed by atoms with van der Waals surface area (Å²) in [6, 6.07) is 16.0. The number of aryl methyl sites for hydroxylation is 1. The van der Waals surface area contributed by atoms with E-state index in [0.717, 1.165) is 11.2 Å². The van der Waals surface area contributed by atoms with Gasteiger partial charge in [0.15, 0.2) is 5.82 Å². The van der Waals surface area contributed by atoms with Gasteiger partial charge in [-0.05, 0) is 57.2 Å². The highest BCUT2D eigenvalue weighted by atomic mass is 16.6. The van der Waals surface area contributed by atoms with Crippen molar-refractivity contribution in [1.29, 1.82) is 0 Å². The Balaban J connectivity index is 1.39. The average Bonchev–Trinajstić information content (AvgIpc) is 3.43. The molecule has 10 heteroatoms. The number of aromatic amines is 1. The highest BCUT2D eigenvalue weighted by Gasteiger charge is 2.16. The Morgan fingerprint density at radius 1 is 0.946 bits per heavy atom. The highest BCUT2D eigenvalue weighted by Crippen LogP contribution is 2.25. The Bertz CT molecular complexity index is 1430. The van der Waals surface area contributed by atoms with Crippen LogP contribution in [0.15, 0.2) is 60.8 Å². The Hall–Kier alpha value is -4.60. The number of amides is 3. The quantitative estimate of drug-likeness (QED) is 0.283. The third kappa shape index (κ3) is 6.54. The number of anilines is 1. The number of fused-ring (bicyclic) bond motifs is 1. The van der Waals surface area contributed by atoms with Crippen molar-refractivity contribution in [3.8, 4) is 11.5 Å². The molecule has 0 saturated carbocycles. The van der Waals surface area contributed by atoms with Gasteiger partial charge in [-0.2, -0.15) is 0 Å². The number of ether oxygens (including phenoxy) is 1. The molecular formula is C27H30N6O4. The first-order chi connectivity index (χ1) is 17.6. The van der Waals surface area contributed by atoms with Gasteiger partial charge in [-0.15, -0.1) is 0 Å². The number of rotatable bonds is 7. The minimum Gasteiger partial charge on any atom is -0.444 e. The van der Waals surface area contributed by atoms with Crippen molar-refractivity contribution in [2.75, 3.05) is 18.4 Å². The number of nitrogens with zero attached hydrogens (tertiary/aromatic N) is 2. The molecule has 0 radical (unpaired) electrons. The number of H-pyrrole nitrogens is 1. The van der Waals surface area contributed by atoms with Crippen molar-refractivity contribution in [2.24, 2.45) is 7.05 Å². The highest BCUT2D eigenvalue weighted by molar-refractivity contribution is 6.04. The Morgan fingerprint density at radius 3 is 2.41 bits per heavy atom. The summed E-state index contributed by atoms with van der Waals surface area (Å²) in [5, 5.41) is 8.28.